The number of thioether (sulfide) groups is 1. The Labute approximate surface area is 152 Å². The third-order valence-electron chi connectivity index (χ3n) is 4.76. The fraction of sp³-hybridized carbons (Fsp3) is 0.667. The van der Waals surface area contributed by atoms with Gasteiger partial charge in [0, 0.05) is 30.9 Å². The van der Waals surface area contributed by atoms with Crippen LogP contribution in [0.1, 0.15) is 43.4 Å². The van der Waals surface area contributed by atoms with Crippen molar-refractivity contribution in [3.8, 4) is 0 Å². The SMILES string of the molecule is CC(C)CC(=O)N1CCC(CN2C(=O)CSC2c2cccs2)CC1. The second-order valence-corrected chi connectivity index (χ2v) is 9.19. The van der Waals surface area contributed by atoms with Gasteiger partial charge in [0.05, 0.1) is 5.75 Å². The highest BCUT2D eigenvalue weighted by Crippen LogP contribution is 2.41. The summed E-state index contributed by atoms with van der Waals surface area (Å²) < 4.78 is 0. The summed E-state index contributed by atoms with van der Waals surface area (Å²) in [5.41, 5.74) is 0. The fourth-order valence-corrected chi connectivity index (χ4v) is 5.62. The van der Waals surface area contributed by atoms with Gasteiger partial charge in [0.1, 0.15) is 5.37 Å². The fourth-order valence-electron chi connectivity index (χ4n) is 3.44. The summed E-state index contributed by atoms with van der Waals surface area (Å²) in [6, 6.07) is 4.18. The zero-order valence-electron chi connectivity index (χ0n) is 14.4. The molecule has 0 N–H and O–H groups in total. The predicted octanol–water partition coefficient (Wildman–Crippen LogP) is 3.61. The summed E-state index contributed by atoms with van der Waals surface area (Å²) in [6.45, 7) is 6.70. The molecule has 0 aliphatic carbocycles. The maximum atomic E-state index is 12.3. The van der Waals surface area contributed by atoms with E-state index < -0.39 is 0 Å². The zero-order valence-corrected chi connectivity index (χ0v) is 16.1. The molecule has 24 heavy (non-hydrogen) atoms. The van der Waals surface area contributed by atoms with E-state index in [0.29, 0.717) is 24.0 Å². The molecular formula is C18H26N2O2S2. The number of nitrogens with zero attached hydrogens (tertiary/aromatic N) is 2. The van der Waals surface area contributed by atoms with Crippen LogP contribution in [0.15, 0.2) is 17.5 Å². The standard InChI is InChI=1S/C18H26N2O2S2/c1-13(2)10-16(21)19-7-5-14(6-8-19)11-20-17(22)12-24-18(20)15-4-3-9-23-15/h3-4,9,13-14,18H,5-8,10-12H2,1-2H3. The summed E-state index contributed by atoms with van der Waals surface area (Å²) in [7, 11) is 0. The van der Waals surface area contributed by atoms with E-state index in [0.717, 1.165) is 32.5 Å². The van der Waals surface area contributed by atoms with Gasteiger partial charge in [0.15, 0.2) is 0 Å². The van der Waals surface area contributed by atoms with Crippen molar-refractivity contribution >= 4 is 34.9 Å². The molecule has 0 spiro atoms. The molecule has 0 radical (unpaired) electrons. The Balaban J connectivity index is 1.53. The molecule has 1 unspecified atom stereocenters. The van der Waals surface area contributed by atoms with E-state index in [9.17, 15) is 9.59 Å². The van der Waals surface area contributed by atoms with E-state index in [-0.39, 0.29) is 17.2 Å². The van der Waals surface area contributed by atoms with Gasteiger partial charge < -0.3 is 9.80 Å². The van der Waals surface area contributed by atoms with Gasteiger partial charge in [-0.05, 0) is 36.1 Å². The minimum absolute atomic E-state index is 0.193. The molecule has 6 heteroatoms. The lowest BCUT2D eigenvalue weighted by Crippen LogP contribution is -2.42. The van der Waals surface area contributed by atoms with Crippen LogP contribution >= 0.6 is 23.1 Å². The highest BCUT2D eigenvalue weighted by molar-refractivity contribution is 8.00. The maximum Gasteiger partial charge on any atom is 0.233 e. The summed E-state index contributed by atoms with van der Waals surface area (Å²) in [6.07, 6.45) is 2.66. The minimum atomic E-state index is 0.193. The van der Waals surface area contributed by atoms with Crippen LogP contribution in [0.2, 0.25) is 0 Å². The third-order valence-corrected chi connectivity index (χ3v) is 7.07. The molecule has 132 valence electrons. The lowest BCUT2D eigenvalue weighted by Gasteiger charge is -2.35. The van der Waals surface area contributed by atoms with E-state index in [4.69, 9.17) is 0 Å². The Morgan fingerprint density at radius 3 is 2.71 bits per heavy atom. The van der Waals surface area contributed by atoms with Crippen molar-refractivity contribution in [1.82, 2.24) is 9.80 Å². The number of amides is 2. The number of carbonyl (C=O) groups excluding carboxylic acids is 2. The largest absolute Gasteiger partial charge is 0.343 e. The summed E-state index contributed by atoms with van der Waals surface area (Å²) in [5, 5.41) is 2.27. The van der Waals surface area contributed by atoms with Gasteiger partial charge >= 0.3 is 0 Å². The average Bonchev–Trinajstić information content (AvgIpc) is 3.18. The molecule has 3 heterocycles. The Kier molecular flexibility index (Phi) is 5.87. The topological polar surface area (TPSA) is 40.6 Å². The molecular weight excluding hydrogens is 340 g/mol. The van der Waals surface area contributed by atoms with Crippen LogP contribution < -0.4 is 0 Å². The molecule has 0 saturated carbocycles. The highest BCUT2D eigenvalue weighted by atomic mass is 32.2. The third kappa shape index (κ3) is 4.14. The molecule has 3 rings (SSSR count). The Hall–Kier alpha value is -1.01. The van der Waals surface area contributed by atoms with Crippen LogP contribution in [0.4, 0.5) is 0 Å². The van der Waals surface area contributed by atoms with Crippen LogP contribution in [-0.4, -0.2) is 47.0 Å². The lowest BCUT2D eigenvalue weighted by atomic mass is 9.95. The molecule has 4 nitrogen and oxygen atoms in total. The van der Waals surface area contributed by atoms with Crippen molar-refractivity contribution in [3.63, 3.8) is 0 Å². The van der Waals surface area contributed by atoms with Crippen molar-refractivity contribution in [2.24, 2.45) is 11.8 Å². The molecule has 1 aromatic heterocycles. The zero-order chi connectivity index (χ0) is 17.1. The van der Waals surface area contributed by atoms with Gasteiger partial charge in [-0.2, -0.15) is 0 Å². The van der Waals surface area contributed by atoms with E-state index in [1.165, 1.54) is 4.88 Å². The summed E-state index contributed by atoms with van der Waals surface area (Å²) >= 11 is 3.47. The van der Waals surface area contributed by atoms with E-state index >= 15 is 0 Å². The second-order valence-electron chi connectivity index (χ2n) is 7.15. The first-order valence-corrected chi connectivity index (χ1v) is 10.7. The molecule has 2 aliphatic heterocycles. The molecule has 1 aromatic rings. The highest BCUT2D eigenvalue weighted by Gasteiger charge is 2.35. The molecule has 2 fully saturated rings. The lowest BCUT2D eigenvalue weighted by molar-refractivity contribution is -0.134. The van der Waals surface area contributed by atoms with Crippen molar-refractivity contribution in [2.45, 2.75) is 38.5 Å². The molecule has 2 amide bonds. The van der Waals surface area contributed by atoms with Crippen LogP contribution in [-0.2, 0) is 9.59 Å². The predicted molar refractivity (Wildman–Crippen MR) is 100.0 cm³/mol. The molecule has 0 bridgehead atoms. The first-order chi connectivity index (χ1) is 11.5. The molecule has 1 atom stereocenters. The van der Waals surface area contributed by atoms with Crippen LogP contribution in [0.3, 0.4) is 0 Å². The number of likely N-dealkylation sites (tertiary alicyclic amines) is 1. The first-order valence-electron chi connectivity index (χ1n) is 8.77. The van der Waals surface area contributed by atoms with Gasteiger partial charge in [-0.3, -0.25) is 9.59 Å². The first kappa shape index (κ1) is 17.8. The quantitative estimate of drug-likeness (QED) is 0.799. The molecule has 0 aromatic carbocycles. The number of hydrogen-bond donors (Lipinski definition) is 0. The van der Waals surface area contributed by atoms with Gasteiger partial charge in [-0.15, -0.1) is 23.1 Å². The minimum Gasteiger partial charge on any atom is -0.343 e. The monoisotopic (exact) mass is 366 g/mol. The van der Waals surface area contributed by atoms with Crippen molar-refractivity contribution < 1.29 is 9.59 Å². The summed E-state index contributed by atoms with van der Waals surface area (Å²) in [5.74, 6) is 2.07. The van der Waals surface area contributed by atoms with Gasteiger partial charge in [0.25, 0.3) is 0 Å². The van der Waals surface area contributed by atoms with Crippen molar-refractivity contribution in [1.29, 1.82) is 0 Å². The maximum absolute atomic E-state index is 12.3. The van der Waals surface area contributed by atoms with Crippen LogP contribution in [0, 0.1) is 11.8 Å². The van der Waals surface area contributed by atoms with E-state index in [1.54, 1.807) is 23.1 Å². The summed E-state index contributed by atoms with van der Waals surface area (Å²) in [4.78, 5) is 29.8. The van der Waals surface area contributed by atoms with Crippen molar-refractivity contribution in [3.05, 3.63) is 22.4 Å². The normalized spacial score (nSPS) is 22.6. The Morgan fingerprint density at radius 1 is 1.33 bits per heavy atom. The van der Waals surface area contributed by atoms with Crippen LogP contribution in [0.25, 0.3) is 0 Å². The second kappa shape index (κ2) is 7.91. The number of rotatable bonds is 5. The number of thiophene rings is 1. The number of hydrogen-bond acceptors (Lipinski definition) is 4. The Bertz CT molecular complexity index is 566. The van der Waals surface area contributed by atoms with Gasteiger partial charge in [-0.1, -0.05) is 19.9 Å². The van der Waals surface area contributed by atoms with Gasteiger partial charge in [0.2, 0.25) is 11.8 Å². The van der Waals surface area contributed by atoms with Gasteiger partial charge in [-0.25, -0.2) is 0 Å². The van der Waals surface area contributed by atoms with Crippen LogP contribution in [0.5, 0.6) is 0 Å². The van der Waals surface area contributed by atoms with E-state index in [1.807, 2.05) is 4.90 Å². The number of carbonyl (C=O) groups is 2. The average molecular weight is 367 g/mol. The van der Waals surface area contributed by atoms with E-state index in [2.05, 4.69) is 36.3 Å². The Morgan fingerprint density at radius 2 is 2.08 bits per heavy atom. The smallest absolute Gasteiger partial charge is 0.233 e. The number of piperidine rings is 1. The van der Waals surface area contributed by atoms with Crippen molar-refractivity contribution in [2.75, 3.05) is 25.4 Å². The molecule has 2 aliphatic rings. The molecule has 2 saturated heterocycles.